The van der Waals surface area contributed by atoms with Gasteiger partial charge in [0.05, 0.1) is 33.2 Å². The van der Waals surface area contributed by atoms with Crippen LogP contribution in [0.4, 0.5) is 10.2 Å². The molecule has 4 aromatic rings. The number of hydrogen-bond donors (Lipinski definition) is 2. The molecule has 0 aliphatic carbocycles. The van der Waals surface area contributed by atoms with Crippen LogP contribution in [0.5, 0.6) is 0 Å². The number of benzene rings is 2. The molecule has 0 fully saturated rings. The van der Waals surface area contributed by atoms with E-state index in [2.05, 4.69) is 20.7 Å². The summed E-state index contributed by atoms with van der Waals surface area (Å²) < 4.78 is 14.7. The van der Waals surface area contributed by atoms with E-state index < -0.39 is 11.7 Å². The SMILES string of the molecule is CCNC(=O)c1cc(NC(=O)c2cc(-c3ccc(F)cn3)c(Cl)cc2Cl)n(-c2ccccc2)n1. The third-order valence-electron chi connectivity index (χ3n) is 4.83. The standard InChI is InChI=1S/C24H18Cl2FN5O2/c1-2-28-24(34)21-12-22(32(31-21)15-6-4-3-5-7-15)30-23(33)17-10-16(18(25)11-19(17)26)20-9-8-14(27)13-29-20/h3-13H,2H2,1H3,(H,28,34)(H,30,33). The van der Waals surface area contributed by atoms with Crippen molar-refractivity contribution in [2.75, 3.05) is 11.9 Å². The van der Waals surface area contributed by atoms with Gasteiger partial charge in [-0.3, -0.25) is 14.6 Å². The third kappa shape index (κ3) is 4.93. The van der Waals surface area contributed by atoms with Gasteiger partial charge in [-0.2, -0.15) is 5.10 Å². The lowest BCUT2D eigenvalue weighted by Gasteiger charge is -2.12. The zero-order valence-corrected chi connectivity index (χ0v) is 19.4. The van der Waals surface area contributed by atoms with Crippen LogP contribution >= 0.6 is 23.2 Å². The van der Waals surface area contributed by atoms with Crippen LogP contribution in [0.15, 0.2) is 66.9 Å². The fraction of sp³-hybridized carbons (Fsp3) is 0.0833. The summed E-state index contributed by atoms with van der Waals surface area (Å²) in [5, 5.41) is 10.2. The van der Waals surface area contributed by atoms with Gasteiger partial charge in [-0.1, -0.05) is 41.4 Å². The number of halogens is 3. The van der Waals surface area contributed by atoms with Crippen molar-refractivity contribution in [1.29, 1.82) is 0 Å². The molecule has 0 aliphatic rings. The molecule has 2 aromatic carbocycles. The minimum Gasteiger partial charge on any atom is -0.351 e. The van der Waals surface area contributed by atoms with Crippen molar-refractivity contribution in [3.8, 4) is 16.9 Å². The molecule has 7 nitrogen and oxygen atoms in total. The van der Waals surface area contributed by atoms with Crippen LogP contribution in [0.2, 0.25) is 10.0 Å². The Bertz CT molecular complexity index is 1360. The number of nitrogens with zero attached hydrogens (tertiary/aromatic N) is 3. The van der Waals surface area contributed by atoms with Gasteiger partial charge >= 0.3 is 0 Å². The molecule has 4 rings (SSSR count). The molecule has 0 aliphatic heterocycles. The van der Waals surface area contributed by atoms with Gasteiger partial charge in [0, 0.05) is 18.2 Å². The number of carbonyl (C=O) groups is 2. The van der Waals surface area contributed by atoms with Crippen molar-refractivity contribution in [3.63, 3.8) is 0 Å². The summed E-state index contributed by atoms with van der Waals surface area (Å²) in [7, 11) is 0. The second-order valence-corrected chi connectivity index (χ2v) is 7.96. The van der Waals surface area contributed by atoms with Crippen molar-refractivity contribution < 1.29 is 14.0 Å². The Balaban J connectivity index is 1.72. The molecule has 0 atom stereocenters. The van der Waals surface area contributed by atoms with Crippen LogP contribution in [0.1, 0.15) is 27.8 Å². The van der Waals surface area contributed by atoms with Crippen molar-refractivity contribution in [2.45, 2.75) is 6.92 Å². The lowest BCUT2D eigenvalue weighted by molar-refractivity contribution is 0.0949. The van der Waals surface area contributed by atoms with E-state index in [-0.39, 0.29) is 33.0 Å². The number of hydrogen-bond acceptors (Lipinski definition) is 4. The highest BCUT2D eigenvalue weighted by molar-refractivity contribution is 6.38. The van der Waals surface area contributed by atoms with Crippen LogP contribution < -0.4 is 10.6 Å². The van der Waals surface area contributed by atoms with Gasteiger partial charge in [0.25, 0.3) is 11.8 Å². The number of nitrogens with one attached hydrogen (secondary N) is 2. The van der Waals surface area contributed by atoms with Crippen LogP contribution in [0.25, 0.3) is 16.9 Å². The molecule has 34 heavy (non-hydrogen) atoms. The molecule has 172 valence electrons. The number of amides is 2. The van der Waals surface area contributed by atoms with Crippen molar-refractivity contribution >= 4 is 40.8 Å². The smallest absolute Gasteiger partial charge is 0.271 e. The number of anilines is 1. The van der Waals surface area contributed by atoms with E-state index in [0.717, 1.165) is 6.20 Å². The lowest BCUT2D eigenvalue weighted by Crippen LogP contribution is -2.23. The first-order valence-corrected chi connectivity index (χ1v) is 11.0. The maximum atomic E-state index is 13.3. The Morgan fingerprint density at radius 2 is 1.76 bits per heavy atom. The average molecular weight is 498 g/mol. The summed E-state index contributed by atoms with van der Waals surface area (Å²) in [5.41, 5.74) is 1.69. The third-order valence-corrected chi connectivity index (χ3v) is 5.45. The number of rotatable bonds is 6. The van der Waals surface area contributed by atoms with E-state index in [0.29, 0.717) is 23.5 Å². The highest BCUT2D eigenvalue weighted by Crippen LogP contribution is 2.32. The second kappa shape index (κ2) is 10.0. The zero-order chi connectivity index (χ0) is 24.2. The van der Waals surface area contributed by atoms with Crippen molar-refractivity contribution in [2.24, 2.45) is 0 Å². The molecule has 2 amide bonds. The fourth-order valence-electron chi connectivity index (χ4n) is 3.24. The van der Waals surface area contributed by atoms with Gasteiger partial charge in [-0.25, -0.2) is 9.07 Å². The van der Waals surface area contributed by atoms with E-state index in [1.807, 2.05) is 18.2 Å². The summed E-state index contributed by atoms with van der Waals surface area (Å²) in [6.45, 7) is 2.23. The number of carbonyl (C=O) groups excluding carboxylic acids is 2. The van der Waals surface area contributed by atoms with Gasteiger partial charge in [0.1, 0.15) is 11.6 Å². The summed E-state index contributed by atoms with van der Waals surface area (Å²) >= 11 is 12.6. The number of para-hydroxylation sites is 1. The highest BCUT2D eigenvalue weighted by Gasteiger charge is 2.20. The fourth-order valence-corrected chi connectivity index (χ4v) is 3.80. The lowest BCUT2D eigenvalue weighted by atomic mass is 10.1. The van der Waals surface area contributed by atoms with E-state index in [1.54, 1.807) is 19.1 Å². The molecule has 2 aromatic heterocycles. The number of aromatic nitrogens is 3. The summed E-state index contributed by atoms with van der Waals surface area (Å²) in [6, 6.07) is 16.1. The van der Waals surface area contributed by atoms with E-state index >= 15 is 0 Å². The first kappa shape index (κ1) is 23.4. The number of pyridine rings is 1. The average Bonchev–Trinajstić information content (AvgIpc) is 3.24. The van der Waals surface area contributed by atoms with Crippen LogP contribution in [0.3, 0.4) is 0 Å². The molecular weight excluding hydrogens is 480 g/mol. The first-order valence-electron chi connectivity index (χ1n) is 10.2. The molecule has 0 spiro atoms. The predicted molar refractivity (Wildman–Crippen MR) is 129 cm³/mol. The first-order chi connectivity index (χ1) is 16.4. The zero-order valence-electron chi connectivity index (χ0n) is 17.8. The Hall–Kier alpha value is -3.75. The molecule has 0 radical (unpaired) electrons. The van der Waals surface area contributed by atoms with Gasteiger partial charge in [-0.15, -0.1) is 0 Å². The van der Waals surface area contributed by atoms with Gasteiger partial charge in [-0.05, 0) is 43.3 Å². The van der Waals surface area contributed by atoms with Crippen LogP contribution in [0, 0.1) is 5.82 Å². The van der Waals surface area contributed by atoms with E-state index in [9.17, 15) is 14.0 Å². The topological polar surface area (TPSA) is 88.9 Å². The predicted octanol–water partition coefficient (Wildman–Crippen LogP) is 5.38. The molecule has 0 saturated carbocycles. The molecule has 2 N–H and O–H groups in total. The summed E-state index contributed by atoms with van der Waals surface area (Å²) in [5.74, 6) is -1.15. The van der Waals surface area contributed by atoms with Gasteiger partial charge in [0.2, 0.25) is 0 Å². The van der Waals surface area contributed by atoms with Crippen LogP contribution in [-0.2, 0) is 0 Å². The second-order valence-electron chi connectivity index (χ2n) is 7.15. The molecule has 2 heterocycles. The minimum absolute atomic E-state index is 0.114. The summed E-state index contributed by atoms with van der Waals surface area (Å²) in [4.78, 5) is 29.6. The largest absolute Gasteiger partial charge is 0.351 e. The molecule has 0 saturated heterocycles. The molecule has 10 heteroatoms. The van der Waals surface area contributed by atoms with E-state index in [1.165, 1.54) is 35.0 Å². The Kier molecular flexibility index (Phi) is 6.90. The monoisotopic (exact) mass is 497 g/mol. The quantitative estimate of drug-likeness (QED) is 0.374. The Labute approximate surface area is 204 Å². The van der Waals surface area contributed by atoms with Crippen molar-refractivity contribution in [3.05, 3.63) is 94.0 Å². The minimum atomic E-state index is -0.551. The van der Waals surface area contributed by atoms with Crippen molar-refractivity contribution in [1.82, 2.24) is 20.1 Å². The Morgan fingerprint density at radius 3 is 2.44 bits per heavy atom. The Morgan fingerprint density at radius 1 is 1.00 bits per heavy atom. The maximum absolute atomic E-state index is 13.3. The van der Waals surface area contributed by atoms with Gasteiger partial charge in [0.15, 0.2) is 5.69 Å². The molecule has 0 bridgehead atoms. The highest BCUT2D eigenvalue weighted by atomic mass is 35.5. The maximum Gasteiger partial charge on any atom is 0.271 e. The molecular formula is C24H18Cl2FN5O2. The van der Waals surface area contributed by atoms with E-state index in [4.69, 9.17) is 23.2 Å². The normalized spacial score (nSPS) is 10.7. The molecule has 0 unspecified atom stereocenters. The summed E-state index contributed by atoms with van der Waals surface area (Å²) in [6.07, 6.45) is 1.06. The van der Waals surface area contributed by atoms with Crippen LogP contribution in [-0.4, -0.2) is 33.1 Å². The van der Waals surface area contributed by atoms with Gasteiger partial charge < -0.3 is 10.6 Å².